The van der Waals surface area contributed by atoms with E-state index in [9.17, 15) is 18.0 Å². The minimum Gasteiger partial charge on any atom is -0.465 e. The number of anilines is 1. The molecular formula is C19H20N2O6S. The van der Waals surface area contributed by atoms with Crippen molar-refractivity contribution in [3.63, 3.8) is 0 Å². The van der Waals surface area contributed by atoms with Crippen LogP contribution in [0.5, 0.6) is 0 Å². The molecule has 1 heterocycles. The lowest BCUT2D eigenvalue weighted by Gasteiger charge is -2.26. The van der Waals surface area contributed by atoms with Crippen molar-refractivity contribution in [2.75, 3.05) is 38.7 Å². The van der Waals surface area contributed by atoms with E-state index in [0.717, 1.165) is 0 Å². The molecule has 8 nitrogen and oxygen atoms in total. The van der Waals surface area contributed by atoms with Crippen LogP contribution in [0.15, 0.2) is 53.4 Å². The third kappa shape index (κ3) is 4.22. The normalized spacial score (nSPS) is 15.0. The molecule has 1 saturated heterocycles. The van der Waals surface area contributed by atoms with Crippen LogP contribution in [0.1, 0.15) is 20.7 Å². The Balaban J connectivity index is 1.77. The Morgan fingerprint density at radius 2 is 1.68 bits per heavy atom. The van der Waals surface area contributed by atoms with E-state index in [4.69, 9.17) is 9.47 Å². The van der Waals surface area contributed by atoms with Gasteiger partial charge in [0.25, 0.3) is 5.91 Å². The molecule has 0 aliphatic carbocycles. The van der Waals surface area contributed by atoms with Gasteiger partial charge in [-0.3, -0.25) is 4.79 Å². The van der Waals surface area contributed by atoms with Gasteiger partial charge in [-0.05, 0) is 36.4 Å². The van der Waals surface area contributed by atoms with Gasteiger partial charge >= 0.3 is 5.97 Å². The summed E-state index contributed by atoms with van der Waals surface area (Å²) in [6.07, 6.45) is 0. The SMILES string of the molecule is COC(=O)c1ccccc1NC(=O)c1ccc(S(=O)(=O)N2CCOCC2)cc1. The highest BCUT2D eigenvalue weighted by Crippen LogP contribution is 2.20. The fraction of sp³-hybridized carbons (Fsp3) is 0.263. The molecule has 0 radical (unpaired) electrons. The van der Waals surface area contributed by atoms with Gasteiger partial charge in [-0.2, -0.15) is 4.31 Å². The summed E-state index contributed by atoms with van der Waals surface area (Å²) < 4.78 is 36.5. The Hall–Kier alpha value is -2.75. The van der Waals surface area contributed by atoms with Crippen LogP contribution < -0.4 is 5.32 Å². The highest BCUT2D eigenvalue weighted by atomic mass is 32.2. The first-order chi connectivity index (χ1) is 13.4. The zero-order valence-corrected chi connectivity index (χ0v) is 16.1. The molecule has 0 aromatic heterocycles. The van der Waals surface area contributed by atoms with Gasteiger partial charge in [0.1, 0.15) is 0 Å². The number of nitrogens with one attached hydrogen (secondary N) is 1. The van der Waals surface area contributed by atoms with Crippen molar-refractivity contribution in [1.82, 2.24) is 4.31 Å². The smallest absolute Gasteiger partial charge is 0.339 e. The van der Waals surface area contributed by atoms with Crippen molar-refractivity contribution in [3.8, 4) is 0 Å². The molecule has 1 aliphatic rings. The molecule has 2 aromatic rings. The topological polar surface area (TPSA) is 102 Å². The van der Waals surface area contributed by atoms with Crippen LogP contribution in [-0.4, -0.2) is 58.0 Å². The number of para-hydroxylation sites is 1. The van der Waals surface area contributed by atoms with E-state index in [1.54, 1.807) is 24.3 Å². The number of methoxy groups -OCH3 is 1. The predicted octanol–water partition coefficient (Wildman–Crippen LogP) is 1.75. The molecule has 1 fully saturated rings. The van der Waals surface area contributed by atoms with Crippen molar-refractivity contribution < 1.29 is 27.5 Å². The molecule has 0 saturated carbocycles. The van der Waals surface area contributed by atoms with E-state index in [1.807, 2.05) is 0 Å². The number of carbonyl (C=O) groups excluding carboxylic acids is 2. The number of nitrogens with zero attached hydrogens (tertiary/aromatic N) is 1. The fourth-order valence-electron chi connectivity index (χ4n) is 2.79. The monoisotopic (exact) mass is 404 g/mol. The summed E-state index contributed by atoms with van der Waals surface area (Å²) in [6.45, 7) is 1.32. The number of carbonyl (C=O) groups is 2. The maximum absolute atomic E-state index is 12.6. The first-order valence-corrected chi connectivity index (χ1v) is 10.0. The highest BCUT2D eigenvalue weighted by Gasteiger charge is 2.26. The molecule has 3 rings (SSSR count). The maximum atomic E-state index is 12.6. The first-order valence-electron chi connectivity index (χ1n) is 8.60. The molecule has 2 aromatic carbocycles. The standard InChI is InChI=1S/C19H20N2O6S/c1-26-19(23)16-4-2-3-5-17(16)20-18(22)14-6-8-15(9-7-14)28(24,25)21-10-12-27-13-11-21/h2-9H,10-13H2,1H3,(H,20,22). The summed E-state index contributed by atoms with van der Waals surface area (Å²) in [5.74, 6) is -1.03. The molecule has 9 heteroatoms. The molecule has 0 bridgehead atoms. The van der Waals surface area contributed by atoms with E-state index in [2.05, 4.69) is 5.32 Å². The summed E-state index contributed by atoms with van der Waals surface area (Å²) in [4.78, 5) is 24.4. The average molecular weight is 404 g/mol. The maximum Gasteiger partial charge on any atom is 0.339 e. The van der Waals surface area contributed by atoms with Gasteiger partial charge < -0.3 is 14.8 Å². The zero-order chi connectivity index (χ0) is 20.1. The van der Waals surface area contributed by atoms with Crippen molar-refractivity contribution in [2.45, 2.75) is 4.90 Å². The lowest BCUT2D eigenvalue weighted by atomic mass is 10.1. The number of amides is 1. The lowest BCUT2D eigenvalue weighted by Crippen LogP contribution is -2.40. The molecular weight excluding hydrogens is 384 g/mol. The Kier molecular flexibility index (Phi) is 6.08. The molecule has 0 unspecified atom stereocenters. The summed E-state index contributed by atoms with van der Waals surface area (Å²) in [6, 6.07) is 12.1. The van der Waals surface area contributed by atoms with Gasteiger partial charge in [-0.1, -0.05) is 12.1 Å². The van der Waals surface area contributed by atoms with Crippen molar-refractivity contribution in [1.29, 1.82) is 0 Å². The van der Waals surface area contributed by atoms with E-state index < -0.39 is 21.9 Å². The Morgan fingerprint density at radius 3 is 2.32 bits per heavy atom. The molecule has 148 valence electrons. The largest absolute Gasteiger partial charge is 0.465 e. The van der Waals surface area contributed by atoms with Gasteiger partial charge in [-0.25, -0.2) is 13.2 Å². The van der Waals surface area contributed by atoms with Crippen LogP contribution in [0.25, 0.3) is 0 Å². The fourth-order valence-corrected chi connectivity index (χ4v) is 4.20. The quantitative estimate of drug-likeness (QED) is 0.762. The molecule has 1 amide bonds. The number of sulfonamides is 1. The van der Waals surface area contributed by atoms with Crippen LogP contribution in [0.2, 0.25) is 0 Å². The number of ether oxygens (including phenoxy) is 2. The van der Waals surface area contributed by atoms with E-state index >= 15 is 0 Å². The summed E-state index contributed by atoms with van der Waals surface area (Å²) >= 11 is 0. The second kappa shape index (κ2) is 8.51. The van der Waals surface area contributed by atoms with Crippen LogP contribution in [0.3, 0.4) is 0 Å². The number of hydrogen-bond acceptors (Lipinski definition) is 6. The minimum atomic E-state index is -3.62. The molecule has 0 spiro atoms. The Labute approximate surface area is 163 Å². The van der Waals surface area contributed by atoms with Crippen LogP contribution in [0, 0.1) is 0 Å². The summed E-state index contributed by atoms with van der Waals surface area (Å²) in [5, 5.41) is 2.65. The molecule has 1 N–H and O–H groups in total. The zero-order valence-electron chi connectivity index (χ0n) is 15.3. The van der Waals surface area contributed by atoms with Crippen LogP contribution >= 0.6 is 0 Å². The Morgan fingerprint density at radius 1 is 1.04 bits per heavy atom. The first kappa shape index (κ1) is 20.0. The predicted molar refractivity (Wildman–Crippen MR) is 102 cm³/mol. The third-order valence-electron chi connectivity index (χ3n) is 4.30. The number of rotatable bonds is 5. The second-order valence-corrected chi connectivity index (χ2v) is 7.97. The highest BCUT2D eigenvalue weighted by molar-refractivity contribution is 7.89. The van der Waals surface area contributed by atoms with E-state index in [0.29, 0.717) is 32.0 Å². The average Bonchev–Trinajstić information content (AvgIpc) is 2.74. The van der Waals surface area contributed by atoms with Crippen LogP contribution in [-0.2, 0) is 19.5 Å². The van der Waals surface area contributed by atoms with E-state index in [-0.39, 0.29) is 16.0 Å². The second-order valence-electron chi connectivity index (χ2n) is 6.03. The number of morpholine rings is 1. The van der Waals surface area contributed by atoms with Gasteiger partial charge in [0.15, 0.2) is 0 Å². The van der Waals surface area contributed by atoms with Gasteiger partial charge in [0, 0.05) is 18.7 Å². The number of benzene rings is 2. The van der Waals surface area contributed by atoms with Crippen molar-refractivity contribution in [3.05, 3.63) is 59.7 Å². The van der Waals surface area contributed by atoms with Gasteiger partial charge in [0.05, 0.1) is 36.5 Å². The van der Waals surface area contributed by atoms with Gasteiger partial charge in [-0.15, -0.1) is 0 Å². The number of esters is 1. The molecule has 1 aliphatic heterocycles. The summed E-state index contributed by atoms with van der Waals surface area (Å²) in [7, 11) is -2.37. The molecule has 0 atom stereocenters. The minimum absolute atomic E-state index is 0.112. The lowest BCUT2D eigenvalue weighted by molar-refractivity contribution is 0.0602. The third-order valence-corrected chi connectivity index (χ3v) is 6.22. The van der Waals surface area contributed by atoms with Gasteiger partial charge in [0.2, 0.25) is 10.0 Å². The van der Waals surface area contributed by atoms with Crippen molar-refractivity contribution >= 4 is 27.6 Å². The summed E-state index contributed by atoms with van der Waals surface area (Å²) in [5.41, 5.74) is 0.801. The van der Waals surface area contributed by atoms with Crippen LogP contribution in [0.4, 0.5) is 5.69 Å². The van der Waals surface area contributed by atoms with Crippen molar-refractivity contribution in [2.24, 2.45) is 0 Å². The Bertz CT molecular complexity index is 966. The molecule has 28 heavy (non-hydrogen) atoms. The number of hydrogen-bond donors (Lipinski definition) is 1. The van der Waals surface area contributed by atoms with E-state index in [1.165, 1.54) is 35.7 Å².